The molecule has 0 amide bonds. The van der Waals surface area contributed by atoms with Crippen LogP contribution in [0.25, 0.3) is 0 Å². The first kappa shape index (κ1) is 13.7. The fourth-order valence-electron chi connectivity index (χ4n) is 1.76. The molecule has 0 aliphatic carbocycles. The maximum atomic E-state index is 2.29. The lowest BCUT2D eigenvalue weighted by Crippen LogP contribution is -1.88. The summed E-state index contributed by atoms with van der Waals surface area (Å²) < 4.78 is 0. The van der Waals surface area contributed by atoms with Crippen molar-refractivity contribution in [2.45, 2.75) is 65.2 Å². The maximum Gasteiger partial charge on any atom is -0.00855 e. The van der Waals surface area contributed by atoms with Gasteiger partial charge in [-0.3, -0.25) is 0 Å². The molecule has 1 rings (SSSR count). The van der Waals surface area contributed by atoms with Gasteiger partial charge in [0.1, 0.15) is 0 Å². The minimum Gasteiger partial charge on any atom is -0.0813 e. The van der Waals surface area contributed by atoms with Crippen LogP contribution < -0.4 is 0 Å². The third-order valence-corrected chi connectivity index (χ3v) is 8.66. The summed E-state index contributed by atoms with van der Waals surface area (Å²) >= 11 is 0. The topological polar surface area (TPSA) is 0 Å². The van der Waals surface area contributed by atoms with Crippen LogP contribution in [0.5, 0.6) is 0 Å². The third kappa shape index (κ3) is 5.49. The molecule has 0 N–H and O–H groups in total. The molecule has 1 aromatic heterocycles. The highest BCUT2D eigenvalue weighted by atomic mass is 32.1. The van der Waals surface area contributed by atoms with Crippen LogP contribution in [0.15, 0.2) is 0 Å². The molecule has 3 heteroatoms. The van der Waals surface area contributed by atoms with Gasteiger partial charge in [0, 0.05) is 0 Å². The van der Waals surface area contributed by atoms with Crippen molar-refractivity contribution in [1.82, 2.24) is 0 Å². The number of hydrogen-bond donors (Lipinski definition) is 0. The Morgan fingerprint density at radius 1 is 0.800 bits per heavy atom. The average molecular weight is 260 g/mol. The van der Waals surface area contributed by atoms with E-state index < -0.39 is 0 Å². The van der Waals surface area contributed by atoms with Gasteiger partial charge < -0.3 is 0 Å². The highest BCUT2D eigenvalue weighted by Gasteiger charge is 2.03. The molecule has 0 aliphatic heterocycles. The lowest BCUT2D eigenvalue weighted by molar-refractivity contribution is 0.704. The van der Waals surface area contributed by atoms with E-state index in [4.69, 9.17) is 0 Å². The molecule has 0 nitrogen and oxygen atoms in total. The second kappa shape index (κ2) is 8.75. The molecule has 0 aromatic carbocycles. The molecule has 0 atom stereocenters. The van der Waals surface area contributed by atoms with E-state index in [2.05, 4.69) is 13.8 Å². The SMILES string of the molecule is CCCCCc1p[pH]pc1CCCCC. The fourth-order valence-corrected chi connectivity index (χ4v) is 8.92. The number of unbranched alkanes of at least 4 members (excludes halogenated alkanes) is 4. The summed E-state index contributed by atoms with van der Waals surface area (Å²) in [6.45, 7) is 4.59. The van der Waals surface area contributed by atoms with Gasteiger partial charge in [-0.2, -0.15) is 0 Å². The highest BCUT2D eigenvalue weighted by Crippen LogP contribution is 2.43. The van der Waals surface area contributed by atoms with Crippen molar-refractivity contribution in [2.24, 2.45) is 0 Å². The van der Waals surface area contributed by atoms with Gasteiger partial charge in [-0.1, -0.05) is 47.1 Å². The lowest BCUT2D eigenvalue weighted by atomic mass is 10.1. The Bertz CT molecular complexity index is 231. The minimum atomic E-state index is 1.16. The molecule has 86 valence electrons. The maximum absolute atomic E-state index is 2.29. The molecule has 0 unspecified atom stereocenters. The van der Waals surface area contributed by atoms with Gasteiger partial charge in [0.15, 0.2) is 0 Å². The Balaban J connectivity index is 2.32. The van der Waals surface area contributed by atoms with Gasteiger partial charge in [-0.05, 0) is 52.0 Å². The van der Waals surface area contributed by atoms with E-state index >= 15 is 0 Å². The molecule has 15 heavy (non-hydrogen) atoms. The first-order valence-corrected chi connectivity index (χ1v) is 10.7. The predicted octanol–water partition coefficient (Wildman–Crippen LogP) is 6.34. The monoisotopic (exact) mass is 260 g/mol. The normalized spacial score (nSPS) is 12.4. The van der Waals surface area contributed by atoms with Gasteiger partial charge >= 0.3 is 0 Å². The van der Waals surface area contributed by atoms with Crippen molar-refractivity contribution in [3.63, 3.8) is 0 Å². The fraction of sp³-hybridized carbons (Fsp3) is 0.833. The van der Waals surface area contributed by atoms with Crippen LogP contribution in [0.1, 0.15) is 63.0 Å². The predicted molar refractivity (Wildman–Crippen MR) is 77.4 cm³/mol. The smallest absolute Gasteiger partial charge is 0.00855 e. The Labute approximate surface area is 99.3 Å². The number of rotatable bonds is 8. The molecular formula is C12H23P3. The van der Waals surface area contributed by atoms with Crippen LogP contribution >= 0.6 is 23.3 Å². The molecule has 1 heterocycles. The Hall–Kier alpha value is 0.640. The Morgan fingerprint density at radius 2 is 1.27 bits per heavy atom. The van der Waals surface area contributed by atoms with Crippen molar-refractivity contribution >= 4 is 23.3 Å². The summed E-state index contributed by atoms with van der Waals surface area (Å²) in [7, 11) is 4.52. The van der Waals surface area contributed by atoms with Crippen LogP contribution in [0.4, 0.5) is 0 Å². The second-order valence-electron chi connectivity index (χ2n) is 4.13. The van der Waals surface area contributed by atoms with Crippen molar-refractivity contribution in [3.05, 3.63) is 10.6 Å². The summed E-state index contributed by atoms with van der Waals surface area (Å²) in [5.74, 6) is 0. The van der Waals surface area contributed by atoms with E-state index in [1.54, 1.807) is 15.7 Å². The standard InChI is InChI=1S/C12H23P3/c1-3-5-7-9-11-12(14-15-13-11)10-8-6-4-2/h15H,3-10H2,1-2H3. The summed E-state index contributed by atoms with van der Waals surface area (Å²) in [4.78, 5) is 0. The molecule has 0 saturated heterocycles. The zero-order valence-corrected chi connectivity index (χ0v) is 12.8. The van der Waals surface area contributed by atoms with E-state index in [1.165, 1.54) is 51.4 Å². The number of hydrogen-bond acceptors (Lipinski definition) is 0. The highest BCUT2D eigenvalue weighted by molar-refractivity contribution is 8.17. The summed E-state index contributed by atoms with van der Waals surface area (Å²) in [6, 6.07) is 0. The van der Waals surface area contributed by atoms with E-state index in [9.17, 15) is 0 Å². The van der Waals surface area contributed by atoms with Crippen molar-refractivity contribution in [2.75, 3.05) is 0 Å². The van der Waals surface area contributed by atoms with Crippen LogP contribution in [0, 0.1) is 0 Å². The minimum absolute atomic E-state index is 1.16. The molecule has 0 aliphatic rings. The van der Waals surface area contributed by atoms with Gasteiger partial charge in [0.25, 0.3) is 0 Å². The second-order valence-corrected chi connectivity index (χ2v) is 9.60. The largest absolute Gasteiger partial charge is 0.0813 e. The van der Waals surface area contributed by atoms with Gasteiger partial charge in [0.2, 0.25) is 0 Å². The van der Waals surface area contributed by atoms with E-state index in [1.807, 2.05) is 10.6 Å². The summed E-state index contributed by atoms with van der Waals surface area (Å²) in [6.07, 6.45) is 11.2. The molecule has 0 fully saturated rings. The molecule has 0 spiro atoms. The molecule has 0 radical (unpaired) electrons. The number of aryl methyl sites for hydroxylation is 2. The average Bonchev–Trinajstić information content (AvgIpc) is 2.67. The first-order valence-electron chi connectivity index (χ1n) is 6.27. The van der Waals surface area contributed by atoms with E-state index in [-0.39, 0.29) is 0 Å². The third-order valence-electron chi connectivity index (χ3n) is 2.74. The van der Waals surface area contributed by atoms with E-state index in [0.29, 0.717) is 0 Å². The van der Waals surface area contributed by atoms with Crippen LogP contribution in [-0.4, -0.2) is 0 Å². The van der Waals surface area contributed by atoms with Crippen molar-refractivity contribution < 1.29 is 0 Å². The zero-order valence-electron chi connectivity index (χ0n) is 10.1. The van der Waals surface area contributed by atoms with E-state index in [0.717, 1.165) is 7.55 Å². The Kier molecular flexibility index (Phi) is 8.00. The molecular weight excluding hydrogens is 237 g/mol. The lowest BCUT2D eigenvalue weighted by Gasteiger charge is -2.02. The van der Waals surface area contributed by atoms with Crippen LogP contribution in [0.3, 0.4) is 0 Å². The van der Waals surface area contributed by atoms with Gasteiger partial charge in [-0.25, -0.2) is 0 Å². The molecule has 1 aromatic rings. The summed E-state index contributed by atoms with van der Waals surface area (Å²) in [5, 5.41) is 3.64. The van der Waals surface area contributed by atoms with Crippen LogP contribution in [0.2, 0.25) is 0 Å². The van der Waals surface area contributed by atoms with Gasteiger partial charge in [-0.15, -0.1) is 0 Å². The van der Waals surface area contributed by atoms with Crippen molar-refractivity contribution in [1.29, 1.82) is 0 Å². The summed E-state index contributed by atoms with van der Waals surface area (Å²) in [5.41, 5.74) is 0. The van der Waals surface area contributed by atoms with Crippen molar-refractivity contribution in [3.8, 4) is 0 Å². The first-order chi connectivity index (χ1) is 7.38. The van der Waals surface area contributed by atoms with Gasteiger partial charge in [0.05, 0.1) is 0 Å². The molecule has 0 saturated carbocycles. The molecule has 0 bridgehead atoms. The van der Waals surface area contributed by atoms with Crippen LogP contribution in [-0.2, 0) is 12.8 Å². The quantitative estimate of drug-likeness (QED) is 0.478. The Morgan fingerprint density at radius 3 is 1.67 bits per heavy atom. The zero-order chi connectivity index (χ0) is 10.9.